The van der Waals surface area contributed by atoms with E-state index in [1.54, 1.807) is 12.3 Å². The summed E-state index contributed by atoms with van der Waals surface area (Å²) >= 11 is 0. The second-order valence-corrected chi connectivity index (χ2v) is 3.44. The summed E-state index contributed by atoms with van der Waals surface area (Å²) in [4.78, 5) is 21.9. The van der Waals surface area contributed by atoms with Crippen LogP contribution in [0.5, 0.6) is 0 Å². The number of Topliss-reactive ketones (excluding diaryl/α,β-unsaturated/α-hetero) is 1. The van der Waals surface area contributed by atoms with Gasteiger partial charge in [-0.3, -0.25) is 4.79 Å². The summed E-state index contributed by atoms with van der Waals surface area (Å²) in [5, 5.41) is 0. The monoisotopic (exact) mass is 193 g/mol. The van der Waals surface area contributed by atoms with Crippen LogP contribution in [0.2, 0.25) is 0 Å². The average Bonchev–Trinajstić information content (AvgIpc) is 2.60. The molecule has 1 aromatic rings. The van der Waals surface area contributed by atoms with E-state index in [1.165, 1.54) is 7.11 Å². The molecular formula is C10H11NO3. The Hall–Kier alpha value is -1.58. The number of hydrogen-bond acceptors (Lipinski definition) is 3. The lowest BCUT2D eigenvalue weighted by Crippen LogP contribution is -2.25. The van der Waals surface area contributed by atoms with E-state index >= 15 is 0 Å². The van der Waals surface area contributed by atoms with Gasteiger partial charge in [0.1, 0.15) is 5.78 Å². The first-order chi connectivity index (χ1) is 6.70. The molecule has 1 aliphatic rings. The molecule has 0 unspecified atom stereocenters. The topological polar surface area (TPSA) is 48.3 Å². The molecule has 0 saturated heterocycles. The number of aromatic nitrogens is 1. The van der Waals surface area contributed by atoms with E-state index in [2.05, 4.69) is 4.74 Å². The van der Waals surface area contributed by atoms with Crippen molar-refractivity contribution in [2.75, 3.05) is 7.11 Å². The molecule has 0 amide bonds. The molecule has 0 radical (unpaired) electrons. The molecule has 1 saturated carbocycles. The smallest absolute Gasteiger partial charge is 0.339 e. The zero-order valence-corrected chi connectivity index (χ0v) is 7.90. The number of methoxy groups -OCH3 is 1. The van der Waals surface area contributed by atoms with Gasteiger partial charge in [0.2, 0.25) is 0 Å². The summed E-state index contributed by atoms with van der Waals surface area (Å²) in [5.41, 5.74) is 0.534. The Morgan fingerprint density at radius 1 is 1.57 bits per heavy atom. The highest BCUT2D eigenvalue weighted by atomic mass is 16.5. The Labute approximate surface area is 81.5 Å². The quantitative estimate of drug-likeness (QED) is 0.662. The van der Waals surface area contributed by atoms with Gasteiger partial charge in [0, 0.05) is 31.3 Å². The van der Waals surface area contributed by atoms with Crippen LogP contribution in [0.15, 0.2) is 18.5 Å². The molecule has 1 aromatic heterocycles. The van der Waals surface area contributed by atoms with Crippen molar-refractivity contribution in [2.24, 2.45) is 0 Å². The number of hydrogen-bond donors (Lipinski definition) is 0. The first-order valence-electron chi connectivity index (χ1n) is 4.48. The van der Waals surface area contributed by atoms with Crippen molar-refractivity contribution in [1.82, 2.24) is 4.57 Å². The largest absolute Gasteiger partial charge is 0.465 e. The van der Waals surface area contributed by atoms with Crippen molar-refractivity contribution in [2.45, 2.75) is 18.9 Å². The van der Waals surface area contributed by atoms with Crippen LogP contribution >= 0.6 is 0 Å². The minimum atomic E-state index is -0.339. The van der Waals surface area contributed by atoms with E-state index in [0.717, 1.165) is 0 Å². The van der Waals surface area contributed by atoms with Crippen molar-refractivity contribution in [3.8, 4) is 0 Å². The van der Waals surface area contributed by atoms with E-state index in [0.29, 0.717) is 18.4 Å². The molecule has 1 fully saturated rings. The number of nitrogens with zero attached hydrogens (tertiary/aromatic N) is 1. The van der Waals surface area contributed by atoms with Crippen molar-refractivity contribution in [3.63, 3.8) is 0 Å². The van der Waals surface area contributed by atoms with E-state index in [9.17, 15) is 9.59 Å². The van der Waals surface area contributed by atoms with Crippen molar-refractivity contribution in [1.29, 1.82) is 0 Å². The minimum absolute atomic E-state index is 0.237. The van der Waals surface area contributed by atoms with Gasteiger partial charge in [-0.15, -0.1) is 0 Å². The maximum Gasteiger partial charge on any atom is 0.339 e. The summed E-state index contributed by atoms with van der Waals surface area (Å²) in [5.74, 6) is -0.0577. The lowest BCUT2D eigenvalue weighted by molar-refractivity contribution is -0.126. The Morgan fingerprint density at radius 2 is 2.29 bits per heavy atom. The normalized spacial score (nSPS) is 16.5. The summed E-state index contributed by atoms with van der Waals surface area (Å²) in [7, 11) is 1.35. The standard InChI is InChI=1S/C10H11NO3/c1-14-10(13)7-2-3-11(6-7)8-4-9(12)5-8/h2-3,6,8H,4-5H2,1H3. The Kier molecular flexibility index (Phi) is 2.11. The SMILES string of the molecule is COC(=O)c1ccn(C2CC(=O)C2)c1. The van der Waals surface area contributed by atoms with Gasteiger partial charge < -0.3 is 9.30 Å². The number of carbonyl (C=O) groups is 2. The molecular weight excluding hydrogens is 182 g/mol. The molecule has 2 rings (SSSR count). The van der Waals surface area contributed by atoms with Crippen molar-refractivity contribution < 1.29 is 14.3 Å². The molecule has 1 heterocycles. The molecule has 0 N–H and O–H groups in total. The van der Waals surface area contributed by atoms with Crippen LogP contribution in [0.25, 0.3) is 0 Å². The molecule has 14 heavy (non-hydrogen) atoms. The molecule has 1 aliphatic carbocycles. The van der Waals surface area contributed by atoms with Crippen LogP contribution in [0, 0.1) is 0 Å². The van der Waals surface area contributed by atoms with Crippen LogP contribution in [-0.2, 0) is 9.53 Å². The fraction of sp³-hybridized carbons (Fsp3) is 0.400. The third-order valence-electron chi connectivity index (χ3n) is 2.48. The highest BCUT2D eigenvalue weighted by Gasteiger charge is 2.27. The molecule has 4 nitrogen and oxygen atoms in total. The van der Waals surface area contributed by atoms with Gasteiger partial charge in [0.25, 0.3) is 0 Å². The van der Waals surface area contributed by atoms with Gasteiger partial charge in [0.15, 0.2) is 0 Å². The Morgan fingerprint density at radius 3 is 2.86 bits per heavy atom. The van der Waals surface area contributed by atoms with Gasteiger partial charge in [-0.1, -0.05) is 0 Å². The number of carbonyl (C=O) groups excluding carboxylic acids is 2. The first kappa shape index (κ1) is 8.99. The lowest BCUT2D eigenvalue weighted by atomic mass is 9.91. The summed E-state index contributed by atoms with van der Waals surface area (Å²) < 4.78 is 6.48. The zero-order chi connectivity index (χ0) is 10.1. The molecule has 0 atom stereocenters. The maximum absolute atomic E-state index is 11.1. The van der Waals surface area contributed by atoms with Crippen LogP contribution in [0.1, 0.15) is 29.2 Å². The molecule has 0 aromatic carbocycles. The van der Waals surface area contributed by atoms with Gasteiger partial charge in [-0.05, 0) is 6.07 Å². The third-order valence-corrected chi connectivity index (χ3v) is 2.48. The van der Waals surface area contributed by atoms with E-state index in [4.69, 9.17) is 0 Å². The maximum atomic E-state index is 11.1. The lowest BCUT2D eigenvalue weighted by Gasteiger charge is -2.25. The van der Waals surface area contributed by atoms with E-state index in [-0.39, 0.29) is 17.8 Å². The second-order valence-electron chi connectivity index (χ2n) is 3.44. The van der Waals surface area contributed by atoms with Gasteiger partial charge in [-0.25, -0.2) is 4.79 Å². The fourth-order valence-electron chi connectivity index (χ4n) is 1.56. The van der Waals surface area contributed by atoms with Gasteiger partial charge >= 0.3 is 5.97 Å². The average molecular weight is 193 g/mol. The molecule has 0 bridgehead atoms. The highest BCUT2D eigenvalue weighted by Crippen LogP contribution is 2.28. The Bertz CT molecular complexity index is 372. The number of ether oxygens (including phenoxy) is 1. The predicted molar refractivity (Wildman–Crippen MR) is 49.0 cm³/mol. The second kappa shape index (κ2) is 3.29. The van der Waals surface area contributed by atoms with Crippen LogP contribution < -0.4 is 0 Å². The summed E-state index contributed by atoms with van der Waals surface area (Å²) in [6, 6.07) is 1.94. The molecule has 74 valence electrons. The van der Waals surface area contributed by atoms with Gasteiger partial charge in [-0.2, -0.15) is 0 Å². The summed E-state index contributed by atoms with van der Waals surface area (Å²) in [6.07, 6.45) is 4.69. The third kappa shape index (κ3) is 1.43. The van der Waals surface area contributed by atoms with Crippen LogP contribution in [-0.4, -0.2) is 23.4 Å². The highest BCUT2D eigenvalue weighted by molar-refractivity contribution is 5.89. The number of ketones is 1. The number of esters is 1. The number of rotatable bonds is 2. The van der Waals surface area contributed by atoms with Gasteiger partial charge in [0.05, 0.1) is 12.7 Å². The zero-order valence-electron chi connectivity index (χ0n) is 7.90. The Balaban J connectivity index is 2.10. The van der Waals surface area contributed by atoms with Crippen molar-refractivity contribution in [3.05, 3.63) is 24.0 Å². The predicted octanol–water partition coefficient (Wildman–Crippen LogP) is 1.18. The van der Waals surface area contributed by atoms with Crippen LogP contribution in [0.4, 0.5) is 0 Å². The molecule has 4 heteroatoms. The summed E-state index contributed by atoms with van der Waals surface area (Å²) in [6.45, 7) is 0. The van der Waals surface area contributed by atoms with Crippen molar-refractivity contribution >= 4 is 11.8 Å². The van der Waals surface area contributed by atoms with E-state index < -0.39 is 0 Å². The fourth-order valence-corrected chi connectivity index (χ4v) is 1.56. The minimum Gasteiger partial charge on any atom is -0.465 e. The first-order valence-corrected chi connectivity index (χ1v) is 4.48. The van der Waals surface area contributed by atoms with Crippen LogP contribution in [0.3, 0.4) is 0 Å². The molecule has 0 spiro atoms. The van der Waals surface area contributed by atoms with E-state index in [1.807, 2.05) is 10.8 Å². The molecule has 0 aliphatic heterocycles.